The molecule has 0 bridgehead atoms. The van der Waals surface area contributed by atoms with E-state index in [-0.39, 0.29) is 6.10 Å². The van der Waals surface area contributed by atoms with E-state index in [1.807, 2.05) is 23.9 Å². The Morgan fingerprint density at radius 3 is 3.00 bits per heavy atom. The fourth-order valence-electron chi connectivity index (χ4n) is 2.93. The molecule has 1 unspecified atom stereocenters. The number of thioether (sulfide) groups is 1. The monoisotopic (exact) mass is 264 g/mol. The first-order valence-corrected chi connectivity index (χ1v) is 8.00. The van der Waals surface area contributed by atoms with Crippen molar-refractivity contribution in [2.45, 2.75) is 31.8 Å². The van der Waals surface area contributed by atoms with Gasteiger partial charge in [0.1, 0.15) is 5.75 Å². The van der Waals surface area contributed by atoms with Gasteiger partial charge in [0, 0.05) is 12.0 Å². The summed E-state index contributed by atoms with van der Waals surface area (Å²) < 4.78 is 5.68. The number of fused-ring (bicyclic) bond motifs is 1. The van der Waals surface area contributed by atoms with Crippen molar-refractivity contribution < 1.29 is 9.84 Å². The third kappa shape index (κ3) is 2.52. The molecule has 1 saturated heterocycles. The van der Waals surface area contributed by atoms with Gasteiger partial charge in [-0.05, 0) is 42.2 Å². The van der Waals surface area contributed by atoms with Crippen LogP contribution in [0.2, 0.25) is 0 Å². The number of benzene rings is 1. The Morgan fingerprint density at radius 2 is 2.17 bits per heavy atom. The first-order chi connectivity index (χ1) is 8.84. The summed E-state index contributed by atoms with van der Waals surface area (Å²) in [5, 5.41) is 10.5. The first-order valence-electron chi connectivity index (χ1n) is 6.85. The van der Waals surface area contributed by atoms with Crippen molar-refractivity contribution in [3.8, 4) is 5.75 Å². The molecule has 0 spiro atoms. The number of aliphatic hydroxyl groups excluding tert-OH is 1. The van der Waals surface area contributed by atoms with E-state index in [1.54, 1.807) is 0 Å². The van der Waals surface area contributed by atoms with Crippen molar-refractivity contribution in [1.82, 2.24) is 0 Å². The molecule has 3 heteroatoms. The smallest absolute Gasteiger partial charge is 0.128 e. The lowest BCUT2D eigenvalue weighted by Crippen LogP contribution is -2.13. The lowest BCUT2D eigenvalue weighted by Gasteiger charge is -2.24. The van der Waals surface area contributed by atoms with Gasteiger partial charge in [0.2, 0.25) is 0 Å². The van der Waals surface area contributed by atoms with Gasteiger partial charge in [-0.1, -0.05) is 18.2 Å². The molecule has 3 rings (SSSR count). The van der Waals surface area contributed by atoms with Crippen LogP contribution in [0.1, 0.15) is 36.5 Å². The van der Waals surface area contributed by atoms with Gasteiger partial charge in [-0.2, -0.15) is 11.8 Å². The summed E-state index contributed by atoms with van der Waals surface area (Å²) in [5.41, 5.74) is 2.26. The largest absolute Gasteiger partial charge is 0.493 e. The minimum Gasteiger partial charge on any atom is -0.493 e. The standard InChI is InChI=1S/C15H20O2S/c16-14(10-11-5-8-18-9-6-11)13-3-1-2-12-4-7-17-15(12)13/h1-3,11,14,16H,4-10H2. The van der Waals surface area contributed by atoms with E-state index < -0.39 is 0 Å². The Kier molecular flexibility index (Phi) is 3.80. The highest BCUT2D eigenvalue weighted by molar-refractivity contribution is 7.99. The van der Waals surface area contributed by atoms with Crippen LogP contribution in [-0.4, -0.2) is 23.2 Å². The molecular weight excluding hydrogens is 244 g/mol. The molecule has 98 valence electrons. The summed E-state index contributed by atoms with van der Waals surface area (Å²) in [7, 11) is 0. The summed E-state index contributed by atoms with van der Waals surface area (Å²) >= 11 is 2.04. The van der Waals surface area contributed by atoms with Crippen LogP contribution in [0.4, 0.5) is 0 Å². The molecule has 0 radical (unpaired) electrons. The van der Waals surface area contributed by atoms with Gasteiger partial charge in [0.05, 0.1) is 12.7 Å². The van der Waals surface area contributed by atoms with Gasteiger partial charge in [-0.3, -0.25) is 0 Å². The number of rotatable bonds is 3. The van der Waals surface area contributed by atoms with E-state index in [1.165, 1.54) is 29.9 Å². The summed E-state index contributed by atoms with van der Waals surface area (Å²) in [4.78, 5) is 0. The van der Waals surface area contributed by atoms with E-state index >= 15 is 0 Å². The molecule has 0 aliphatic carbocycles. The van der Waals surface area contributed by atoms with Crippen molar-refractivity contribution in [1.29, 1.82) is 0 Å². The zero-order valence-electron chi connectivity index (χ0n) is 10.6. The average Bonchev–Trinajstić information content (AvgIpc) is 2.87. The summed E-state index contributed by atoms with van der Waals surface area (Å²) in [5.74, 6) is 4.13. The maximum absolute atomic E-state index is 10.5. The maximum Gasteiger partial charge on any atom is 0.128 e. The van der Waals surface area contributed by atoms with E-state index in [9.17, 15) is 5.11 Å². The molecule has 1 aromatic carbocycles. The average molecular weight is 264 g/mol. The molecule has 1 atom stereocenters. The second-order valence-corrected chi connectivity index (χ2v) is 6.47. The summed E-state index contributed by atoms with van der Waals surface area (Å²) in [6, 6.07) is 6.17. The third-order valence-electron chi connectivity index (χ3n) is 4.00. The van der Waals surface area contributed by atoms with Gasteiger partial charge in [0.25, 0.3) is 0 Å². The van der Waals surface area contributed by atoms with Crippen LogP contribution < -0.4 is 4.74 Å². The van der Waals surface area contributed by atoms with E-state index in [0.717, 1.165) is 30.8 Å². The number of ether oxygens (including phenoxy) is 1. The number of hydrogen-bond acceptors (Lipinski definition) is 3. The molecule has 2 heterocycles. The number of aliphatic hydroxyl groups is 1. The van der Waals surface area contributed by atoms with Crippen LogP contribution >= 0.6 is 11.8 Å². The minimum absolute atomic E-state index is 0.355. The molecule has 2 aliphatic heterocycles. The molecule has 18 heavy (non-hydrogen) atoms. The van der Waals surface area contributed by atoms with E-state index in [4.69, 9.17) is 4.74 Å². The number of hydrogen-bond donors (Lipinski definition) is 1. The van der Waals surface area contributed by atoms with Crippen LogP contribution in [0, 0.1) is 5.92 Å². The summed E-state index contributed by atoms with van der Waals surface area (Å²) in [6.45, 7) is 0.763. The van der Waals surface area contributed by atoms with Crippen LogP contribution in [0.25, 0.3) is 0 Å². The summed E-state index contributed by atoms with van der Waals surface area (Å²) in [6.07, 6.45) is 4.01. The van der Waals surface area contributed by atoms with Crippen molar-refractivity contribution in [3.63, 3.8) is 0 Å². The van der Waals surface area contributed by atoms with E-state index in [2.05, 4.69) is 6.07 Å². The molecule has 0 saturated carbocycles. The van der Waals surface area contributed by atoms with Crippen LogP contribution in [0.5, 0.6) is 5.75 Å². The van der Waals surface area contributed by atoms with Gasteiger partial charge < -0.3 is 9.84 Å². The second kappa shape index (κ2) is 5.54. The normalized spacial score (nSPS) is 21.4. The Bertz CT molecular complexity index is 413. The molecule has 2 aliphatic rings. The van der Waals surface area contributed by atoms with Crippen LogP contribution in [0.3, 0.4) is 0 Å². The third-order valence-corrected chi connectivity index (χ3v) is 5.05. The predicted molar refractivity (Wildman–Crippen MR) is 75.3 cm³/mol. The molecule has 1 N–H and O–H groups in total. The minimum atomic E-state index is -0.355. The Labute approximate surface area is 113 Å². The van der Waals surface area contributed by atoms with Gasteiger partial charge >= 0.3 is 0 Å². The van der Waals surface area contributed by atoms with Crippen LogP contribution in [0.15, 0.2) is 18.2 Å². The lowest BCUT2D eigenvalue weighted by molar-refractivity contribution is 0.137. The highest BCUT2D eigenvalue weighted by Crippen LogP contribution is 2.37. The van der Waals surface area contributed by atoms with Crippen molar-refractivity contribution in [2.24, 2.45) is 5.92 Å². The zero-order chi connectivity index (χ0) is 12.4. The molecular formula is C15H20O2S. The highest BCUT2D eigenvalue weighted by atomic mass is 32.2. The highest BCUT2D eigenvalue weighted by Gasteiger charge is 2.24. The van der Waals surface area contributed by atoms with Gasteiger partial charge in [-0.15, -0.1) is 0 Å². The predicted octanol–water partition coefficient (Wildman–Crippen LogP) is 3.19. The fraction of sp³-hybridized carbons (Fsp3) is 0.600. The van der Waals surface area contributed by atoms with Crippen molar-refractivity contribution >= 4 is 11.8 Å². The SMILES string of the molecule is OC(CC1CCSCC1)c1cccc2c1OCC2. The zero-order valence-corrected chi connectivity index (χ0v) is 11.4. The maximum atomic E-state index is 10.5. The molecule has 1 aromatic rings. The Morgan fingerprint density at radius 1 is 1.33 bits per heavy atom. The second-order valence-electron chi connectivity index (χ2n) is 5.24. The first kappa shape index (κ1) is 12.4. The fourth-order valence-corrected chi connectivity index (χ4v) is 4.13. The Balaban J connectivity index is 1.72. The number of para-hydroxylation sites is 1. The van der Waals surface area contributed by atoms with E-state index in [0.29, 0.717) is 5.92 Å². The van der Waals surface area contributed by atoms with Crippen molar-refractivity contribution in [3.05, 3.63) is 29.3 Å². The van der Waals surface area contributed by atoms with Gasteiger partial charge in [0.15, 0.2) is 0 Å². The molecule has 2 nitrogen and oxygen atoms in total. The van der Waals surface area contributed by atoms with Crippen LogP contribution in [-0.2, 0) is 6.42 Å². The topological polar surface area (TPSA) is 29.5 Å². The lowest BCUT2D eigenvalue weighted by atomic mass is 9.91. The molecule has 0 amide bonds. The Hall–Kier alpha value is -0.670. The molecule has 0 aromatic heterocycles. The molecule has 1 fully saturated rings. The van der Waals surface area contributed by atoms with Gasteiger partial charge in [-0.25, -0.2) is 0 Å². The quantitative estimate of drug-likeness (QED) is 0.909. The van der Waals surface area contributed by atoms with Crippen molar-refractivity contribution in [2.75, 3.05) is 18.1 Å².